The van der Waals surface area contributed by atoms with Crippen LogP contribution in [0.4, 0.5) is 0 Å². The van der Waals surface area contributed by atoms with E-state index < -0.39 is 29.6 Å². The molecule has 3 amide bonds. The summed E-state index contributed by atoms with van der Waals surface area (Å²) in [5, 5.41) is 29.8. The molecule has 242 valence electrons. The first-order valence-corrected chi connectivity index (χ1v) is 15.7. The molecule has 0 spiro atoms. The zero-order valence-electron chi connectivity index (χ0n) is 27.3. The monoisotopic (exact) mass is 623 g/mol. The Morgan fingerprint density at radius 2 is 1.50 bits per heavy atom. The molecule has 0 bridgehead atoms. The van der Waals surface area contributed by atoms with Crippen LogP contribution in [-0.4, -0.2) is 63.1 Å². The van der Waals surface area contributed by atoms with Crippen LogP contribution >= 0.6 is 0 Å². The van der Waals surface area contributed by atoms with E-state index in [4.69, 9.17) is 0 Å². The van der Waals surface area contributed by atoms with Crippen LogP contribution in [0.25, 0.3) is 10.8 Å². The standard InChI is InChI=1S/C38H45N3O5/c1-25-31(16-11-17-34(25)43)36(45)39-32(23-27-12-7-6-8-13-27)35(44)20-21-41(26(2)42)33(37(46)40-38(3,4)5)24-28-18-19-29-14-9-10-15-30(29)22-28/h6-19,22,32-33,35,43-44H,20-21,23-24H2,1-5H3,(H,39,45)(H,40,46)/t32-,33?,35?/m0/s1. The third-order valence-electron chi connectivity index (χ3n) is 8.12. The summed E-state index contributed by atoms with van der Waals surface area (Å²) >= 11 is 0. The SMILES string of the molecule is CC(=O)N(CCC(O)[C@H](Cc1ccccc1)NC(=O)c1cccc(O)c1C)C(Cc1ccc2ccccc2c1)C(=O)NC(C)(C)C. The van der Waals surface area contributed by atoms with Gasteiger partial charge in [0.05, 0.1) is 12.1 Å². The number of phenols is 1. The van der Waals surface area contributed by atoms with Crippen LogP contribution in [0.1, 0.15) is 61.2 Å². The second kappa shape index (κ2) is 15.1. The van der Waals surface area contributed by atoms with Crippen molar-refractivity contribution in [3.05, 3.63) is 113 Å². The van der Waals surface area contributed by atoms with Gasteiger partial charge in [0, 0.05) is 36.6 Å². The average Bonchev–Trinajstić information content (AvgIpc) is 3.00. The Labute approximate surface area is 271 Å². The first-order valence-electron chi connectivity index (χ1n) is 15.7. The highest BCUT2D eigenvalue weighted by molar-refractivity contribution is 5.96. The van der Waals surface area contributed by atoms with Crippen molar-refractivity contribution in [1.29, 1.82) is 0 Å². The fourth-order valence-electron chi connectivity index (χ4n) is 5.66. The van der Waals surface area contributed by atoms with Crippen LogP contribution in [0.15, 0.2) is 91.0 Å². The summed E-state index contributed by atoms with van der Waals surface area (Å²) in [4.78, 5) is 41.7. The lowest BCUT2D eigenvalue weighted by Crippen LogP contribution is -2.55. The Morgan fingerprint density at radius 3 is 2.17 bits per heavy atom. The molecule has 0 fully saturated rings. The Balaban J connectivity index is 1.58. The maximum absolute atomic E-state index is 13.7. The van der Waals surface area contributed by atoms with Crippen LogP contribution in [0.2, 0.25) is 0 Å². The van der Waals surface area contributed by atoms with Gasteiger partial charge in [-0.05, 0) is 74.6 Å². The minimum atomic E-state index is -1.05. The van der Waals surface area contributed by atoms with Crippen LogP contribution in [0.3, 0.4) is 0 Å². The fraction of sp³-hybridized carbons (Fsp3) is 0.342. The molecule has 0 heterocycles. The predicted octanol–water partition coefficient (Wildman–Crippen LogP) is 5.32. The molecule has 4 N–H and O–H groups in total. The zero-order valence-corrected chi connectivity index (χ0v) is 27.3. The molecule has 46 heavy (non-hydrogen) atoms. The summed E-state index contributed by atoms with van der Waals surface area (Å²) < 4.78 is 0. The number of rotatable bonds is 12. The van der Waals surface area contributed by atoms with Crippen LogP contribution in [0.5, 0.6) is 5.75 Å². The van der Waals surface area contributed by atoms with Gasteiger partial charge in [-0.2, -0.15) is 0 Å². The number of hydrogen-bond acceptors (Lipinski definition) is 5. The molecule has 8 heteroatoms. The number of carbonyl (C=O) groups excluding carboxylic acids is 3. The van der Waals surface area contributed by atoms with Gasteiger partial charge in [-0.3, -0.25) is 14.4 Å². The number of carbonyl (C=O) groups is 3. The summed E-state index contributed by atoms with van der Waals surface area (Å²) in [5.74, 6) is -0.980. The van der Waals surface area contributed by atoms with Gasteiger partial charge in [0.2, 0.25) is 11.8 Å². The number of amides is 3. The summed E-state index contributed by atoms with van der Waals surface area (Å²) in [7, 11) is 0. The molecule has 0 saturated heterocycles. The highest BCUT2D eigenvalue weighted by Crippen LogP contribution is 2.22. The molecule has 2 unspecified atom stereocenters. The molecule has 3 atom stereocenters. The number of aromatic hydroxyl groups is 1. The van der Waals surface area contributed by atoms with Crippen molar-refractivity contribution in [2.75, 3.05) is 6.54 Å². The molecule has 8 nitrogen and oxygen atoms in total. The quantitative estimate of drug-likeness (QED) is 0.170. The molecule has 0 saturated carbocycles. The Hall–Kier alpha value is -4.69. The zero-order chi connectivity index (χ0) is 33.4. The number of aliphatic hydroxyl groups is 1. The normalized spacial score (nSPS) is 13.4. The molecular weight excluding hydrogens is 578 g/mol. The number of phenolic OH excluding ortho intramolecular Hbond substituents is 1. The van der Waals surface area contributed by atoms with Crippen LogP contribution in [0, 0.1) is 6.92 Å². The topological polar surface area (TPSA) is 119 Å². The summed E-state index contributed by atoms with van der Waals surface area (Å²) in [6.07, 6.45) is -0.288. The fourth-order valence-corrected chi connectivity index (χ4v) is 5.66. The molecule has 0 aliphatic heterocycles. The maximum Gasteiger partial charge on any atom is 0.252 e. The number of aliphatic hydroxyl groups excluding tert-OH is 1. The summed E-state index contributed by atoms with van der Waals surface area (Å²) in [6.45, 7) is 8.87. The van der Waals surface area contributed by atoms with E-state index in [9.17, 15) is 24.6 Å². The van der Waals surface area contributed by atoms with E-state index in [1.165, 1.54) is 17.9 Å². The smallest absolute Gasteiger partial charge is 0.252 e. The molecule has 0 aliphatic carbocycles. The van der Waals surface area contributed by atoms with E-state index >= 15 is 0 Å². The van der Waals surface area contributed by atoms with Gasteiger partial charge in [0.1, 0.15) is 11.8 Å². The van der Waals surface area contributed by atoms with Crippen molar-refractivity contribution < 1.29 is 24.6 Å². The van der Waals surface area contributed by atoms with E-state index in [2.05, 4.69) is 10.6 Å². The molecular formula is C38H45N3O5. The Bertz CT molecular complexity index is 1660. The summed E-state index contributed by atoms with van der Waals surface area (Å²) in [5.41, 5.74) is 2.06. The lowest BCUT2D eigenvalue weighted by molar-refractivity contribution is -0.140. The minimum Gasteiger partial charge on any atom is -0.508 e. The summed E-state index contributed by atoms with van der Waals surface area (Å²) in [6, 6.07) is 26.7. The Kier molecular flexibility index (Phi) is 11.2. The van der Waals surface area contributed by atoms with E-state index in [0.29, 0.717) is 24.0 Å². The van der Waals surface area contributed by atoms with Crippen molar-refractivity contribution >= 4 is 28.5 Å². The van der Waals surface area contributed by atoms with Gasteiger partial charge < -0.3 is 25.7 Å². The lowest BCUT2D eigenvalue weighted by atomic mass is 9.96. The molecule has 0 aromatic heterocycles. The van der Waals surface area contributed by atoms with Crippen molar-refractivity contribution in [2.45, 2.75) is 77.6 Å². The predicted molar refractivity (Wildman–Crippen MR) is 182 cm³/mol. The van der Waals surface area contributed by atoms with Crippen molar-refractivity contribution in [1.82, 2.24) is 15.5 Å². The van der Waals surface area contributed by atoms with Gasteiger partial charge in [-0.15, -0.1) is 0 Å². The van der Waals surface area contributed by atoms with E-state index in [-0.39, 0.29) is 30.5 Å². The molecule has 0 aliphatic rings. The minimum absolute atomic E-state index is 0.0101. The van der Waals surface area contributed by atoms with Gasteiger partial charge in [0.15, 0.2) is 0 Å². The van der Waals surface area contributed by atoms with Gasteiger partial charge in [-0.1, -0.05) is 78.9 Å². The number of benzene rings is 4. The van der Waals surface area contributed by atoms with E-state index in [0.717, 1.165) is 21.9 Å². The van der Waals surface area contributed by atoms with Crippen LogP contribution in [-0.2, 0) is 22.4 Å². The molecule has 4 aromatic rings. The van der Waals surface area contributed by atoms with Crippen molar-refractivity contribution in [2.24, 2.45) is 0 Å². The Morgan fingerprint density at radius 1 is 0.826 bits per heavy atom. The van der Waals surface area contributed by atoms with E-state index in [1.54, 1.807) is 19.1 Å². The largest absolute Gasteiger partial charge is 0.508 e. The highest BCUT2D eigenvalue weighted by atomic mass is 16.3. The molecule has 0 radical (unpaired) electrons. The number of fused-ring (bicyclic) bond motifs is 1. The third kappa shape index (κ3) is 9.17. The lowest BCUT2D eigenvalue weighted by Gasteiger charge is -2.34. The van der Waals surface area contributed by atoms with E-state index in [1.807, 2.05) is 93.6 Å². The van der Waals surface area contributed by atoms with Gasteiger partial charge in [0.25, 0.3) is 5.91 Å². The second-order valence-corrected chi connectivity index (χ2v) is 12.9. The van der Waals surface area contributed by atoms with Gasteiger partial charge in [-0.25, -0.2) is 0 Å². The molecule has 4 rings (SSSR count). The second-order valence-electron chi connectivity index (χ2n) is 12.9. The molecule has 4 aromatic carbocycles. The first-order chi connectivity index (χ1) is 21.8. The highest BCUT2D eigenvalue weighted by Gasteiger charge is 2.32. The number of hydrogen-bond donors (Lipinski definition) is 4. The maximum atomic E-state index is 13.7. The number of nitrogens with one attached hydrogen (secondary N) is 2. The average molecular weight is 624 g/mol. The van der Waals surface area contributed by atoms with Crippen molar-refractivity contribution in [3.63, 3.8) is 0 Å². The third-order valence-corrected chi connectivity index (χ3v) is 8.12. The first kappa shape index (κ1) is 34.2. The van der Waals surface area contributed by atoms with Crippen LogP contribution < -0.4 is 10.6 Å². The van der Waals surface area contributed by atoms with Crippen molar-refractivity contribution in [3.8, 4) is 5.75 Å². The number of nitrogens with zero attached hydrogens (tertiary/aromatic N) is 1. The van der Waals surface area contributed by atoms with Gasteiger partial charge >= 0.3 is 0 Å².